The summed E-state index contributed by atoms with van der Waals surface area (Å²) in [4.78, 5) is 51.3. The van der Waals surface area contributed by atoms with Crippen molar-refractivity contribution in [1.29, 1.82) is 0 Å². The Balaban J connectivity index is 0.963. The molecule has 4 bridgehead atoms. The Morgan fingerprint density at radius 2 is 1.52 bits per heavy atom. The van der Waals surface area contributed by atoms with Crippen molar-refractivity contribution >= 4 is 29.3 Å². The van der Waals surface area contributed by atoms with Crippen LogP contribution in [0, 0.1) is 17.8 Å². The molecule has 0 spiro atoms. The molecule has 208 valence electrons. The molecule has 1 saturated heterocycles. The summed E-state index contributed by atoms with van der Waals surface area (Å²) in [6, 6.07) is 12.7. The summed E-state index contributed by atoms with van der Waals surface area (Å²) < 4.78 is 0. The Hall–Kier alpha value is -3.52. The van der Waals surface area contributed by atoms with Crippen molar-refractivity contribution in [2.75, 3.05) is 11.9 Å². The minimum atomic E-state index is -0.970. The van der Waals surface area contributed by atoms with E-state index in [-0.39, 0.29) is 29.9 Å². The second-order valence-corrected chi connectivity index (χ2v) is 12.7. The first-order valence-corrected chi connectivity index (χ1v) is 14.8. The zero-order chi connectivity index (χ0) is 27.4. The number of nitrogens with one attached hydrogen (secondary N) is 3. The summed E-state index contributed by atoms with van der Waals surface area (Å²) in [5.74, 6) is 0.864. The molecule has 2 heterocycles. The molecule has 2 aromatic rings. The van der Waals surface area contributed by atoms with Gasteiger partial charge in [-0.05, 0) is 98.9 Å². The first-order chi connectivity index (χ1) is 19.4. The summed E-state index contributed by atoms with van der Waals surface area (Å²) >= 11 is 0. The van der Waals surface area contributed by atoms with Crippen molar-refractivity contribution in [2.24, 2.45) is 17.8 Å². The number of anilines is 1. The van der Waals surface area contributed by atoms with Crippen LogP contribution in [-0.2, 0) is 22.6 Å². The number of fused-ring (bicyclic) bond motifs is 1. The summed E-state index contributed by atoms with van der Waals surface area (Å²) in [6.45, 7) is 1.52. The Morgan fingerprint density at radius 1 is 0.850 bits per heavy atom. The van der Waals surface area contributed by atoms with Crippen LogP contribution in [0.1, 0.15) is 83.2 Å². The van der Waals surface area contributed by atoms with E-state index in [0.29, 0.717) is 17.8 Å². The van der Waals surface area contributed by atoms with Gasteiger partial charge in [-0.1, -0.05) is 30.3 Å². The SMILES string of the molecule is O=C1CCC(N2C(=O)c3cccc(NCc4ccc(CCNC56CC7CC(CC(C7)C5)C6)cc4)c3C2=O)C(=O)N1. The van der Waals surface area contributed by atoms with E-state index in [1.54, 1.807) is 18.2 Å². The molecule has 0 aromatic heterocycles. The molecule has 8 rings (SSSR count). The number of hydrogen-bond acceptors (Lipinski definition) is 6. The zero-order valence-electron chi connectivity index (χ0n) is 22.7. The number of imide groups is 2. The maximum atomic E-state index is 13.3. The van der Waals surface area contributed by atoms with Gasteiger partial charge in [0, 0.05) is 24.2 Å². The summed E-state index contributed by atoms with van der Waals surface area (Å²) in [6.07, 6.45) is 9.74. The largest absolute Gasteiger partial charge is 0.380 e. The average molecular weight is 541 g/mol. The maximum Gasteiger partial charge on any atom is 0.264 e. The van der Waals surface area contributed by atoms with Crippen LogP contribution in [0.15, 0.2) is 42.5 Å². The van der Waals surface area contributed by atoms with Crippen molar-refractivity contribution in [3.05, 3.63) is 64.7 Å². The van der Waals surface area contributed by atoms with Crippen LogP contribution in [0.25, 0.3) is 0 Å². The van der Waals surface area contributed by atoms with Gasteiger partial charge in [0.2, 0.25) is 11.8 Å². The molecule has 4 amide bonds. The lowest BCUT2D eigenvalue weighted by atomic mass is 9.53. The van der Waals surface area contributed by atoms with Crippen LogP contribution in [0.2, 0.25) is 0 Å². The molecular formula is C32H36N4O4. The predicted molar refractivity (Wildman–Crippen MR) is 149 cm³/mol. The number of carbonyl (C=O) groups excluding carboxylic acids is 4. The fourth-order valence-corrected chi connectivity index (χ4v) is 8.48. The van der Waals surface area contributed by atoms with Crippen molar-refractivity contribution < 1.29 is 19.2 Å². The Kier molecular flexibility index (Phi) is 6.26. The number of rotatable bonds is 8. The minimum absolute atomic E-state index is 0.100. The van der Waals surface area contributed by atoms with E-state index in [4.69, 9.17) is 0 Å². The summed E-state index contributed by atoms with van der Waals surface area (Å²) in [7, 11) is 0. The normalized spacial score (nSPS) is 30.6. The molecule has 1 atom stereocenters. The average Bonchev–Trinajstić information content (AvgIpc) is 3.17. The third-order valence-electron chi connectivity index (χ3n) is 9.93. The molecule has 6 aliphatic rings. The Morgan fingerprint density at radius 3 is 2.20 bits per heavy atom. The van der Waals surface area contributed by atoms with E-state index in [2.05, 4.69) is 40.2 Å². The third kappa shape index (κ3) is 4.52. The van der Waals surface area contributed by atoms with Crippen LogP contribution in [0.3, 0.4) is 0 Å². The highest BCUT2D eigenvalue weighted by Gasteiger charge is 2.50. The number of carbonyl (C=O) groups is 4. The molecule has 8 heteroatoms. The van der Waals surface area contributed by atoms with E-state index in [1.807, 2.05) is 0 Å². The van der Waals surface area contributed by atoms with Gasteiger partial charge < -0.3 is 10.6 Å². The molecule has 8 nitrogen and oxygen atoms in total. The quantitative estimate of drug-likeness (QED) is 0.440. The number of piperidine rings is 1. The lowest BCUT2D eigenvalue weighted by Crippen LogP contribution is -2.58. The molecule has 5 fully saturated rings. The number of hydrogen-bond donors (Lipinski definition) is 3. The topological polar surface area (TPSA) is 108 Å². The van der Waals surface area contributed by atoms with Crippen LogP contribution in [0.5, 0.6) is 0 Å². The second kappa shape index (κ2) is 9.84. The van der Waals surface area contributed by atoms with Gasteiger partial charge in [0.25, 0.3) is 11.8 Å². The minimum Gasteiger partial charge on any atom is -0.380 e. The van der Waals surface area contributed by atoms with E-state index < -0.39 is 23.8 Å². The predicted octanol–water partition coefficient (Wildman–Crippen LogP) is 3.80. The van der Waals surface area contributed by atoms with E-state index >= 15 is 0 Å². The van der Waals surface area contributed by atoms with Crippen LogP contribution >= 0.6 is 0 Å². The lowest BCUT2D eigenvalue weighted by Gasteiger charge is -2.57. The maximum absolute atomic E-state index is 13.3. The molecule has 2 aliphatic heterocycles. The highest BCUT2D eigenvalue weighted by molar-refractivity contribution is 6.25. The number of nitrogens with zero attached hydrogens (tertiary/aromatic N) is 1. The van der Waals surface area contributed by atoms with Crippen molar-refractivity contribution in [3.63, 3.8) is 0 Å². The third-order valence-corrected chi connectivity index (χ3v) is 9.93. The van der Waals surface area contributed by atoms with Crippen molar-refractivity contribution in [2.45, 2.75) is 75.9 Å². The van der Waals surface area contributed by atoms with Crippen molar-refractivity contribution in [1.82, 2.24) is 15.5 Å². The highest BCUT2D eigenvalue weighted by atomic mass is 16.2. The molecule has 2 aromatic carbocycles. The van der Waals surface area contributed by atoms with Gasteiger partial charge in [0.05, 0.1) is 11.1 Å². The molecule has 40 heavy (non-hydrogen) atoms. The molecule has 3 N–H and O–H groups in total. The number of benzene rings is 2. The Bertz CT molecular complexity index is 1350. The molecule has 4 saturated carbocycles. The monoisotopic (exact) mass is 540 g/mol. The van der Waals surface area contributed by atoms with Crippen LogP contribution in [0.4, 0.5) is 5.69 Å². The van der Waals surface area contributed by atoms with Crippen molar-refractivity contribution in [3.8, 4) is 0 Å². The van der Waals surface area contributed by atoms with E-state index in [0.717, 1.165) is 41.2 Å². The Labute approximate surface area is 234 Å². The number of amides is 4. The zero-order valence-corrected chi connectivity index (χ0v) is 22.7. The van der Waals surface area contributed by atoms with E-state index in [9.17, 15) is 19.2 Å². The van der Waals surface area contributed by atoms with Gasteiger partial charge in [-0.15, -0.1) is 0 Å². The van der Waals surface area contributed by atoms with Gasteiger partial charge in [0.1, 0.15) is 6.04 Å². The van der Waals surface area contributed by atoms with Gasteiger partial charge in [0.15, 0.2) is 0 Å². The van der Waals surface area contributed by atoms with Gasteiger partial charge in [-0.2, -0.15) is 0 Å². The van der Waals surface area contributed by atoms with Gasteiger partial charge in [-0.3, -0.25) is 29.4 Å². The molecule has 1 unspecified atom stereocenters. The molecule has 4 aliphatic carbocycles. The van der Waals surface area contributed by atoms with Gasteiger partial charge >= 0.3 is 0 Å². The fourth-order valence-electron chi connectivity index (χ4n) is 8.48. The summed E-state index contributed by atoms with van der Waals surface area (Å²) in [5.41, 5.74) is 3.90. The van der Waals surface area contributed by atoms with E-state index in [1.165, 1.54) is 44.1 Å². The molecule has 0 radical (unpaired) electrons. The smallest absolute Gasteiger partial charge is 0.264 e. The fraction of sp³-hybridized carbons (Fsp3) is 0.500. The van der Waals surface area contributed by atoms with Crippen LogP contribution in [-0.4, -0.2) is 46.7 Å². The van der Waals surface area contributed by atoms with Crippen LogP contribution < -0.4 is 16.0 Å². The second-order valence-electron chi connectivity index (χ2n) is 12.7. The summed E-state index contributed by atoms with van der Waals surface area (Å²) in [5, 5.41) is 9.55. The van der Waals surface area contributed by atoms with Gasteiger partial charge in [-0.25, -0.2) is 0 Å². The highest BCUT2D eigenvalue weighted by Crippen LogP contribution is 2.55. The first-order valence-electron chi connectivity index (χ1n) is 14.8. The lowest BCUT2D eigenvalue weighted by molar-refractivity contribution is -0.136. The molecular weight excluding hydrogens is 504 g/mol. The standard InChI is InChI=1S/C32H36N4O4/c37-27-9-8-26(29(38)35-27)36-30(39)24-2-1-3-25(28(24)31(36)40)33-18-20-6-4-19(5-7-20)10-11-34-32-15-21-12-22(16-32)14-23(13-21)17-32/h1-7,21-23,26,33-34H,8-18H2,(H,35,37,38). The first kappa shape index (κ1) is 25.4.